The van der Waals surface area contributed by atoms with Crippen LogP contribution in [0.3, 0.4) is 0 Å². The van der Waals surface area contributed by atoms with Gasteiger partial charge in [0, 0.05) is 23.7 Å². The Kier molecular flexibility index (Phi) is 4.20. The summed E-state index contributed by atoms with van der Waals surface area (Å²) in [5.41, 5.74) is 1.76. The van der Waals surface area contributed by atoms with E-state index in [-0.39, 0.29) is 11.8 Å². The van der Waals surface area contributed by atoms with E-state index in [2.05, 4.69) is 4.98 Å². The molecule has 0 saturated heterocycles. The van der Waals surface area contributed by atoms with Crippen LogP contribution in [-0.2, 0) is 13.1 Å². The summed E-state index contributed by atoms with van der Waals surface area (Å²) in [6, 6.07) is 8.44. The summed E-state index contributed by atoms with van der Waals surface area (Å²) in [4.78, 5) is 18.5. The van der Waals surface area contributed by atoms with Crippen molar-refractivity contribution in [2.45, 2.75) is 26.1 Å². The standard InChI is InChI=1S/C19H18FN3O3/c1-13-6-9-25-17(13)19(24)23-10-14-4-3-8-22(14)11-15(12-23)26-18-16(20)5-2-7-21-18/h2-9,15H,10-12H2,1H3/t15-/m0/s1. The number of rotatable bonds is 3. The normalized spacial score (nSPS) is 16.8. The quantitative estimate of drug-likeness (QED) is 0.725. The summed E-state index contributed by atoms with van der Waals surface area (Å²) < 4.78 is 27.1. The minimum absolute atomic E-state index is 0.0605. The molecule has 134 valence electrons. The Balaban J connectivity index is 1.62. The fourth-order valence-electron chi connectivity index (χ4n) is 3.13. The highest BCUT2D eigenvalue weighted by molar-refractivity contribution is 5.92. The van der Waals surface area contributed by atoms with Crippen molar-refractivity contribution in [1.29, 1.82) is 0 Å². The van der Waals surface area contributed by atoms with Gasteiger partial charge in [-0.1, -0.05) is 0 Å². The number of carbonyl (C=O) groups is 1. The molecule has 0 aliphatic carbocycles. The summed E-state index contributed by atoms with van der Waals surface area (Å²) in [5.74, 6) is -0.482. The van der Waals surface area contributed by atoms with Crippen molar-refractivity contribution >= 4 is 5.91 Å². The van der Waals surface area contributed by atoms with Gasteiger partial charge in [-0.3, -0.25) is 4.79 Å². The molecule has 0 spiro atoms. The van der Waals surface area contributed by atoms with Crippen LogP contribution in [0.25, 0.3) is 0 Å². The SMILES string of the molecule is Cc1ccoc1C(=O)N1Cc2cccn2C[C@H](Oc2ncccc2F)C1. The van der Waals surface area contributed by atoms with E-state index in [1.165, 1.54) is 24.6 Å². The van der Waals surface area contributed by atoms with E-state index < -0.39 is 11.9 Å². The van der Waals surface area contributed by atoms with Gasteiger partial charge in [0.2, 0.25) is 0 Å². The predicted octanol–water partition coefficient (Wildman–Crippen LogP) is 3.03. The molecule has 4 rings (SSSR count). The van der Waals surface area contributed by atoms with Gasteiger partial charge in [0.05, 0.1) is 25.9 Å². The highest BCUT2D eigenvalue weighted by Gasteiger charge is 2.29. The number of fused-ring (bicyclic) bond motifs is 1. The maximum atomic E-state index is 13.9. The molecule has 1 aliphatic heterocycles. The van der Waals surface area contributed by atoms with Gasteiger partial charge in [0.1, 0.15) is 6.10 Å². The van der Waals surface area contributed by atoms with E-state index in [1.807, 2.05) is 29.8 Å². The number of carbonyl (C=O) groups excluding carboxylic acids is 1. The third-order valence-electron chi connectivity index (χ3n) is 4.45. The Morgan fingerprint density at radius 1 is 1.31 bits per heavy atom. The van der Waals surface area contributed by atoms with Gasteiger partial charge >= 0.3 is 0 Å². The number of nitrogens with zero attached hydrogens (tertiary/aromatic N) is 3. The number of halogens is 1. The molecule has 1 atom stereocenters. The summed E-state index contributed by atoms with van der Waals surface area (Å²) in [6.07, 6.45) is 4.46. The number of aryl methyl sites for hydroxylation is 1. The lowest BCUT2D eigenvalue weighted by atomic mass is 10.2. The molecule has 26 heavy (non-hydrogen) atoms. The highest BCUT2D eigenvalue weighted by atomic mass is 19.1. The van der Waals surface area contributed by atoms with Crippen molar-refractivity contribution in [2.75, 3.05) is 6.54 Å². The average Bonchev–Trinajstić information content (AvgIpc) is 3.21. The van der Waals surface area contributed by atoms with Crippen LogP contribution in [0.4, 0.5) is 4.39 Å². The summed E-state index contributed by atoms with van der Waals surface area (Å²) >= 11 is 0. The van der Waals surface area contributed by atoms with Crippen LogP contribution in [0.15, 0.2) is 53.4 Å². The van der Waals surface area contributed by atoms with Crippen molar-refractivity contribution in [2.24, 2.45) is 0 Å². The Morgan fingerprint density at radius 3 is 2.96 bits per heavy atom. The van der Waals surface area contributed by atoms with Crippen LogP contribution in [0.1, 0.15) is 21.8 Å². The number of furan rings is 1. The molecule has 3 aromatic heterocycles. The summed E-state index contributed by atoms with van der Waals surface area (Å²) in [6.45, 7) is 3.06. The molecule has 0 bridgehead atoms. The number of ether oxygens (including phenoxy) is 1. The monoisotopic (exact) mass is 355 g/mol. The molecular weight excluding hydrogens is 337 g/mol. The molecule has 6 nitrogen and oxygen atoms in total. The Morgan fingerprint density at radius 2 is 2.19 bits per heavy atom. The third-order valence-corrected chi connectivity index (χ3v) is 4.45. The fraction of sp³-hybridized carbons (Fsp3) is 0.263. The molecule has 0 aromatic carbocycles. The van der Waals surface area contributed by atoms with E-state index in [0.29, 0.717) is 25.4 Å². The fourth-order valence-corrected chi connectivity index (χ4v) is 3.13. The maximum Gasteiger partial charge on any atom is 0.290 e. The minimum Gasteiger partial charge on any atom is -0.468 e. The first-order valence-electron chi connectivity index (χ1n) is 8.36. The van der Waals surface area contributed by atoms with E-state index in [9.17, 15) is 9.18 Å². The maximum absolute atomic E-state index is 13.9. The molecule has 0 radical (unpaired) electrons. The number of amides is 1. The van der Waals surface area contributed by atoms with Gasteiger partial charge in [0.25, 0.3) is 11.8 Å². The minimum atomic E-state index is -0.524. The smallest absolute Gasteiger partial charge is 0.290 e. The van der Waals surface area contributed by atoms with Gasteiger partial charge in [-0.2, -0.15) is 0 Å². The second-order valence-corrected chi connectivity index (χ2v) is 6.30. The summed E-state index contributed by atoms with van der Waals surface area (Å²) in [7, 11) is 0. The van der Waals surface area contributed by atoms with Crippen LogP contribution in [0.5, 0.6) is 5.88 Å². The van der Waals surface area contributed by atoms with Gasteiger partial charge in [-0.25, -0.2) is 9.37 Å². The van der Waals surface area contributed by atoms with Crippen LogP contribution in [0, 0.1) is 12.7 Å². The second kappa shape index (κ2) is 6.67. The van der Waals surface area contributed by atoms with E-state index in [1.54, 1.807) is 11.0 Å². The van der Waals surface area contributed by atoms with E-state index in [4.69, 9.17) is 9.15 Å². The zero-order valence-electron chi connectivity index (χ0n) is 14.3. The molecule has 4 heterocycles. The first-order valence-corrected chi connectivity index (χ1v) is 8.36. The molecule has 0 N–H and O–H groups in total. The van der Waals surface area contributed by atoms with Crippen molar-refractivity contribution in [1.82, 2.24) is 14.5 Å². The third kappa shape index (κ3) is 3.08. The van der Waals surface area contributed by atoms with Crippen LogP contribution in [-0.4, -0.2) is 33.0 Å². The highest BCUT2D eigenvalue weighted by Crippen LogP contribution is 2.21. The molecular formula is C19H18FN3O3. The zero-order valence-corrected chi connectivity index (χ0v) is 14.3. The molecule has 1 amide bonds. The lowest BCUT2D eigenvalue weighted by molar-refractivity contribution is 0.0610. The molecule has 3 aromatic rings. The van der Waals surface area contributed by atoms with Gasteiger partial charge < -0.3 is 18.6 Å². The average molecular weight is 355 g/mol. The predicted molar refractivity (Wildman–Crippen MR) is 91.2 cm³/mol. The van der Waals surface area contributed by atoms with E-state index >= 15 is 0 Å². The Hall–Kier alpha value is -3.09. The topological polar surface area (TPSA) is 60.5 Å². The van der Waals surface area contributed by atoms with Crippen molar-refractivity contribution in [3.63, 3.8) is 0 Å². The molecule has 0 saturated carbocycles. The van der Waals surface area contributed by atoms with Gasteiger partial charge in [-0.15, -0.1) is 0 Å². The van der Waals surface area contributed by atoms with Crippen molar-refractivity contribution < 1.29 is 18.3 Å². The molecule has 1 aliphatic rings. The van der Waals surface area contributed by atoms with Gasteiger partial charge in [-0.05, 0) is 37.3 Å². The molecule has 0 unspecified atom stereocenters. The molecule has 0 fully saturated rings. The lowest BCUT2D eigenvalue weighted by Crippen LogP contribution is -2.39. The number of pyridine rings is 1. The first-order chi connectivity index (χ1) is 12.6. The van der Waals surface area contributed by atoms with Crippen LogP contribution >= 0.6 is 0 Å². The first kappa shape index (κ1) is 16.4. The largest absolute Gasteiger partial charge is 0.468 e. The zero-order chi connectivity index (χ0) is 18.1. The number of hydrogen-bond donors (Lipinski definition) is 0. The Bertz CT molecular complexity index is 934. The summed E-state index contributed by atoms with van der Waals surface area (Å²) in [5, 5.41) is 0. The van der Waals surface area contributed by atoms with Crippen molar-refractivity contribution in [3.05, 3.63) is 71.8 Å². The number of aromatic nitrogens is 2. The van der Waals surface area contributed by atoms with Gasteiger partial charge in [0.15, 0.2) is 11.6 Å². The lowest BCUT2D eigenvalue weighted by Gasteiger charge is -2.24. The van der Waals surface area contributed by atoms with Crippen LogP contribution < -0.4 is 4.74 Å². The van der Waals surface area contributed by atoms with Crippen LogP contribution in [0.2, 0.25) is 0 Å². The van der Waals surface area contributed by atoms with E-state index in [0.717, 1.165) is 11.3 Å². The molecule has 7 heteroatoms. The Labute approximate surface area is 149 Å². The van der Waals surface area contributed by atoms with Crippen molar-refractivity contribution in [3.8, 4) is 5.88 Å². The second-order valence-electron chi connectivity index (χ2n) is 6.30. The number of hydrogen-bond acceptors (Lipinski definition) is 4.